The molecule has 0 saturated heterocycles. The van der Waals surface area contributed by atoms with Crippen molar-refractivity contribution in [1.29, 1.82) is 0 Å². The fourth-order valence-corrected chi connectivity index (χ4v) is 5.14. The molecule has 3 nitrogen and oxygen atoms in total. The van der Waals surface area contributed by atoms with Crippen LogP contribution in [0.4, 0.5) is 0 Å². The second-order valence-corrected chi connectivity index (χ2v) is 11.4. The smallest absolute Gasteiger partial charge is 0.406 e. The van der Waals surface area contributed by atoms with Gasteiger partial charge >= 0.3 is 6.48 Å². The Kier molecular flexibility index (Phi) is 9.00. The van der Waals surface area contributed by atoms with Crippen molar-refractivity contribution in [3.63, 3.8) is 0 Å². The predicted molar refractivity (Wildman–Crippen MR) is 145 cm³/mol. The summed E-state index contributed by atoms with van der Waals surface area (Å²) < 4.78 is 23.5. The molecule has 0 amide bonds. The first-order valence-corrected chi connectivity index (χ1v) is 13.7. The molecule has 0 bridgehead atoms. The molecule has 31 heavy (non-hydrogen) atoms. The van der Waals surface area contributed by atoms with E-state index in [9.17, 15) is 0 Å². The summed E-state index contributed by atoms with van der Waals surface area (Å²) in [4.78, 5) is 0. The molecular weight excluding hydrogens is 792 g/mol. The average molecular weight is 808 g/mol. The Balaban J connectivity index is 1.99. The van der Waals surface area contributed by atoms with Crippen LogP contribution in [0.3, 0.4) is 0 Å². The maximum atomic E-state index is 6.15. The highest BCUT2D eigenvalue weighted by Crippen LogP contribution is 2.40. The summed E-state index contributed by atoms with van der Waals surface area (Å²) in [7, 11) is 0. The molecule has 9 heteroatoms. The minimum Gasteiger partial charge on any atom is -0.422 e. The number of ether oxygens (including phenoxy) is 3. The molecule has 0 spiro atoms. The van der Waals surface area contributed by atoms with Crippen molar-refractivity contribution in [2.24, 2.45) is 0 Å². The predicted octanol–water partition coefficient (Wildman–Crippen LogP) is 10.0. The first-order chi connectivity index (χ1) is 14.6. The van der Waals surface area contributed by atoms with Crippen LogP contribution in [0, 0.1) is 20.8 Å². The maximum Gasteiger partial charge on any atom is 0.406 e. The second-order valence-electron chi connectivity index (χ2n) is 6.67. The van der Waals surface area contributed by atoms with Crippen LogP contribution < -0.4 is 14.2 Å². The summed E-state index contributed by atoms with van der Waals surface area (Å²) >= 11 is 21.5. The van der Waals surface area contributed by atoms with Gasteiger partial charge in [0, 0.05) is 13.4 Å². The maximum absolute atomic E-state index is 6.15. The molecule has 3 aromatic carbocycles. The summed E-state index contributed by atoms with van der Waals surface area (Å²) in [6.45, 7) is 4.95. The van der Waals surface area contributed by atoms with Gasteiger partial charge in [-0.15, -0.1) is 0 Å². The van der Waals surface area contributed by atoms with Crippen LogP contribution >= 0.6 is 95.6 Å². The van der Waals surface area contributed by atoms with E-state index < -0.39 is 6.48 Å². The lowest BCUT2D eigenvalue weighted by Gasteiger charge is -2.24. The van der Waals surface area contributed by atoms with Crippen molar-refractivity contribution in [3.8, 4) is 17.2 Å². The zero-order valence-electron chi connectivity index (χ0n) is 16.5. The number of halogens is 6. The van der Waals surface area contributed by atoms with E-state index >= 15 is 0 Å². The van der Waals surface area contributed by atoms with Crippen molar-refractivity contribution >= 4 is 95.6 Å². The van der Waals surface area contributed by atoms with Crippen molar-refractivity contribution < 1.29 is 14.2 Å². The van der Waals surface area contributed by atoms with E-state index in [1.54, 1.807) is 0 Å². The quantitative estimate of drug-likeness (QED) is 0.232. The van der Waals surface area contributed by atoms with Crippen molar-refractivity contribution in [1.82, 2.24) is 0 Å². The van der Waals surface area contributed by atoms with Crippen LogP contribution in [-0.4, -0.2) is 6.48 Å². The SMILES string of the molecule is Cc1ccc(OC(Oc2ccc(C)c(Br)c2Br)Oc2ccc(C)c(Br)c2Br)c(Br)c1Br. The monoisotopic (exact) mass is 802 g/mol. The summed E-state index contributed by atoms with van der Waals surface area (Å²) in [6, 6.07) is 11.5. The third-order valence-corrected chi connectivity index (χ3v) is 11.4. The molecule has 0 aliphatic carbocycles. The fourth-order valence-electron chi connectivity index (χ4n) is 2.54. The lowest BCUT2D eigenvalue weighted by Crippen LogP contribution is -2.31. The zero-order valence-corrected chi connectivity index (χ0v) is 26.0. The summed E-state index contributed by atoms with van der Waals surface area (Å²) in [5, 5.41) is 0. The second kappa shape index (κ2) is 10.9. The summed E-state index contributed by atoms with van der Waals surface area (Å²) in [5.74, 6) is 1.73. The number of hydrogen-bond acceptors (Lipinski definition) is 3. The Labute approximate surface area is 232 Å². The Morgan fingerprint density at radius 2 is 0.710 bits per heavy atom. The molecular formula is C22H16Br6O3. The number of benzene rings is 3. The molecule has 164 valence electrons. The van der Waals surface area contributed by atoms with Gasteiger partial charge in [0.25, 0.3) is 0 Å². The number of rotatable bonds is 6. The van der Waals surface area contributed by atoms with Crippen molar-refractivity contribution in [2.45, 2.75) is 27.2 Å². The Hall–Kier alpha value is -0.0600. The van der Waals surface area contributed by atoms with E-state index in [-0.39, 0.29) is 0 Å². The third kappa shape index (κ3) is 5.90. The van der Waals surface area contributed by atoms with Crippen molar-refractivity contribution in [2.75, 3.05) is 0 Å². The van der Waals surface area contributed by atoms with Crippen LogP contribution in [-0.2, 0) is 0 Å². The number of aryl methyl sites for hydroxylation is 3. The van der Waals surface area contributed by atoms with Gasteiger partial charge in [0.2, 0.25) is 0 Å². The van der Waals surface area contributed by atoms with Crippen LogP contribution in [0.1, 0.15) is 16.7 Å². The van der Waals surface area contributed by atoms with Gasteiger partial charge in [-0.1, -0.05) is 18.2 Å². The highest BCUT2D eigenvalue weighted by atomic mass is 79.9. The topological polar surface area (TPSA) is 27.7 Å². The van der Waals surface area contributed by atoms with E-state index in [0.29, 0.717) is 17.2 Å². The molecule has 0 unspecified atom stereocenters. The lowest BCUT2D eigenvalue weighted by molar-refractivity contribution is -0.141. The largest absolute Gasteiger partial charge is 0.422 e. The molecule has 0 saturated carbocycles. The highest BCUT2D eigenvalue weighted by Gasteiger charge is 2.22. The molecule has 3 rings (SSSR count). The minimum absolute atomic E-state index is 0.576. The number of hydrogen-bond donors (Lipinski definition) is 0. The van der Waals surface area contributed by atoms with Gasteiger partial charge in [-0.25, -0.2) is 0 Å². The lowest BCUT2D eigenvalue weighted by atomic mass is 10.2. The van der Waals surface area contributed by atoms with E-state index in [0.717, 1.165) is 43.5 Å². The summed E-state index contributed by atoms with van der Waals surface area (Å²) in [5.41, 5.74) is 3.23. The van der Waals surface area contributed by atoms with Crippen LogP contribution in [0.5, 0.6) is 17.2 Å². The molecule has 0 N–H and O–H groups in total. The first kappa shape index (κ1) is 25.6. The zero-order chi connectivity index (χ0) is 22.9. The van der Waals surface area contributed by atoms with Gasteiger partial charge in [0.15, 0.2) is 0 Å². The van der Waals surface area contributed by atoms with E-state index in [1.165, 1.54) is 0 Å². The van der Waals surface area contributed by atoms with E-state index in [4.69, 9.17) is 14.2 Å². The van der Waals surface area contributed by atoms with Gasteiger partial charge in [-0.2, -0.15) is 0 Å². The normalized spacial score (nSPS) is 11.0. The molecule has 0 radical (unpaired) electrons. The van der Waals surface area contributed by atoms with Gasteiger partial charge in [-0.05, 0) is 151 Å². The molecule has 0 heterocycles. The standard InChI is InChI=1S/C22H16Br6O3/c1-10-4-7-13(19(26)16(10)23)29-22(30-14-8-5-11(2)17(24)20(14)27)31-15-9-6-12(3)18(25)21(15)28/h4-9,22H,1-3H3. The Morgan fingerprint density at radius 1 is 0.452 bits per heavy atom. The van der Waals surface area contributed by atoms with Gasteiger partial charge in [0.05, 0.1) is 13.4 Å². The van der Waals surface area contributed by atoms with Crippen molar-refractivity contribution in [3.05, 3.63) is 79.9 Å². The van der Waals surface area contributed by atoms with Crippen LogP contribution in [0.25, 0.3) is 0 Å². The molecule has 0 aromatic heterocycles. The summed E-state index contributed by atoms with van der Waals surface area (Å²) in [6.07, 6.45) is 0. The molecule has 0 aliphatic rings. The van der Waals surface area contributed by atoms with Crippen LogP contribution in [0.2, 0.25) is 0 Å². The molecule has 0 aliphatic heterocycles. The minimum atomic E-state index is -1.07. The molecule has 0 fully saturated rings. The third-order valence-electron chi connectivity index (χ3n) is 4.39. The van der Waals surface area contributed by atoms with Gasteiger partial charge in [-0.3, -0.25) is 0 Å². The van der Waals surface area contributed by atoms with E-state index in [2.05, 4.69) is 95.6 Å². The Bertz CT molecular complexity index is 992. The first-order valence-electron chi connectivity index (χ1n) is 8.94. The van der Waals surface area contributed by atoms with E-state index in [1.807, 2.05) is 57.2 Å². The van der Waals surface area contributed by atoms with Gasteiger partial charge < -0.3 is 14.2 Å². The highest BCUT2D eigenvalue weighted by molar-refractivity contribution is 9.13. The fraction of sp³-hybridized carbons (Fsp3) is 0.182. The molecule has 3 aromatic rings. The van der Waals surface area contributed by atoms with Crippen LogP contribution in [0.15, 0.2) is 63.2 Å². The molecule has 0 atom stereocenters. The average Bonchev–Trinajstić information content (AvgIpc) is 2.74. The Morgan fingerprint density at radius 3 is 0.968 bits per heavy atom. The van der Waals surface area contributed by atoms with Gasteiger partial charge in [0.1, 0.15) is 17.2 Å².